The number of benzene rings is 4. The van der Waals surface area contributed by atoms with Crippen molar-refractivity contribution in [3.05, 3.63) is 143 Å². The van der Waals surface area contributed by atoms with Gasteiger partial charge < -0.3 is 25.6 Å². The summed E-state index contributed by atoms with van der Waals surface area (Å²) in [5.41, 5.74) is -2.23. The second-order valence-electron chi connectivity index (χ2n) is 19.6. The molecular weight excluding hydrogens is 1060 g/mol. The number of nitrogen functional groups attached to an aromatic ring is 1. The second kappa shape index (κ2) is 22.4. The minimum atomic E-state index is -4.93. The van der Waals surface area contributed by atoms with Gasteiger partial charge in [0, 0.05) is 65.1 Å². The number of carboxylic acids is 1. The molecule has 4 saturated heterocycles. The first-order valence-electron chi connectivity index (χ1n) is 24.3. The summed E-state index contributed by atoms with van der Waals surface area (Å²) in [4.78, 5) is 47.7. The highest BCUT2D eigenvalue weighted by Gasteiger charge is 2.44. The second-order valence-corrected chi connectivity index (χ2v) is 19.6. The van der Waals surface area contributed by atoms with Crippen LogP contribution in [0, 0.1) is 37.9 Å². The van der Waals surface area contributed by atoms with Crippen molar-refractivity contribution in [2.75, 3.05) is 15.5 Å². The Morgan fingerprint density at radius 1 is 0.571 bits per heavy atom. The molecule has 77 heavy (non-hydrogen) atoms. The summed E-state index contributed by atoms with van der Waals surface area (Å²) in [5.74, 6) is -0.395. The predicted octanol–water partition coefficient (Wildman–Crippen LogP) is 14.4. The van der Waals surface area contributed by atoms with Crippen molar-refractivity contribution < 1.29 is 76.8 Å². The van der Waals surface area contributed by atoms with E-state index >= 15 is 0 Å². The molecule has 6 bridgehead atoms. The number of hydrogen-bond donors (Lipinski definition) is 3. The number of pyridine rings is 1. The normalized spacial score (nSPS) is 22.0. The SMILES string of the molecule is C1CC2CCC1C2.Nc1ccc(N2C3CCC2CC3)cc1C(F)(F)F.O=C(O)c1c[nH]c2cccc(C(F)(F)F)c2c1=O.O=[N+]([O-])c1ccc(F)cc1C(F)(F)F.O=[N+]([O-])c1ccc(N2C3CCC2CC3)cc1C(F)(F)F. The number of nitro groups is 2. The van der Waals surface area contributed by atoms with Gasteiger partial charge in [-0.1, -0.05) is 31.7 Å². The molecule has 4 aliphatic heterocycles. The van der Waals surface area contributed by atoms with Crippen LogP contribution in [0.3, 0.4) is 0 Å². The molecule has 13 nitrogen and oxygen atoms in total. The third-order valence-corrected chi connectivity index (χ3v) is 14.9. The molecule has 0 amide bonds. The first-order valence-corrected chi connectivity index (χ1v) is 24.3. The number of nitro benzene ring substituents is 2. The van der Waals surface area contributed by atoms with Gasteiger partial charge in [-0.2, -0.15) is 52.7 Å². The Morgan fingerprint density at radius 3 is 1.36 bits per heavy atom. The Bertz CT molecular complexity index is 3000. The number of fused-ring (bicyclic) bond motifs is 7. The van der Waals surface area contributed by atoms with E-state index in [0.717, 1.165) is 81.8 Å². The van der Waals surface area contributed by atoms with E-state index in [0.29, 0.717) is 35.6 Å². The molecule has 5 aromatic rings. The number of rotatable bonds is 5. The molecule has 0 unspecified atom stereocenters. The van der Waals surface area contributed by atoms with E-state index in [4.69, 9.17) is 10.8 Å². The number of carbonyl (C=O) groups is 1. The summed E-state index contributed by atoms with van der Waals surface area (Å²) in [5, 5.41) is 29.0. The molecule has 4 aromatic carbocycles. The van der Waals surface area contributed by atoms with Crippen LogP contribution in [0.25, 0.3) is 10.9 Å². The summed E-state index contributed by atoms with van der Waals surface area (Å²) in [6.07, 6.45) is -1.69. The molecular formula is C51H49F13N6O7. The van der Waals surface area contributed by atoms with Crippen LogP contribution in [0.4, 0.5) is 85.5 Å². The lowest BCUT2D eigenvalue weighted by Crippen LogP contribution is -2.28. The van der Waals surface area contributed by atoms with Crippen LogP contribution >= 0.6 is 0 Å². The van der Waals surface area contributed by atoms with Crippen molar-refractivity contribution >= 4 is 45.3 Å². The fraction of sp³-hybridized carbons (Fsp3) is 0.451. The average Bonchev–Trinajstić information content (AvgIpc) is 4.27. The largest absolute Gasteiger partial charge is 0.477 e. The van der Waals surface area contributed by atoms with E-state index in [1.165, 1.54) is 36.1 Å². The number of alkyl halides is 12. The van der Waals surface area contributed by atoms with Crippen molar-refractivity contribution in [1.29, 1.82) is 0 Å². The first-order chi connectivity index (χ1) is 35.9. The Labute approximate surface area is 429 Å². The highest BCUT2D eigenvalue weighted by atomic mass is 19.4. The molecule has 26 heteroatoms. The minimum Gasteiger partial charge on any atom is -0.477 e. The van der Waals surface area contributed by atoms with E-state index in [-0.39, 0.29) is 29.4 Å². The zero-order valence-electron chi connectivity index (χ0n) is 40.3. The van der Waals surface area contributed by atoms with Crippen LogP contribution in [-0.2, 0) is 24.7 Å². The summed E-state index contributed by atoms with van der Waals surface area (Å²) in [6, 6.07) is 13.3. The molecule has 4 N–H and O–H groups in total. The van der Waals surface area contributed by atoms with Gasteiger partial charge in [0.05, 0.1) is 26.4 Å². The van der Waals surface area contributed by atoms with Gasteiger partial charge in [-0.3, -0.25) is 25.0 Å². The number of hydrogen-bond acceptors (Lipinski definition) is 9. The van der Waals surface area contributed by atoms with E-state index < -0.39 is 96.3 Å². The highest BCUT2D eigenvalue weighted by Crippen LogP contribution is 2.47. The number of aromatic nitrogens is 1. The number of halogens is 13. The molecule has 0 spiro atoms. The van der Waals surface area contributed by atoms with Gasteiger partial charge in [0.2, 0.25) is 5.43 Å². The van der Waals surface area contributed by atoms with E-state index in [1.807, 2.05) is 4.90 Å². The number of aromatic amines is 1. The molecule has 2 aliphatic carbocycles. The van der Waals surface area contributed by atoms with Crippen molar-refractivity contribution in [3.8, 4) is 0 Å². The van der Waals surface area contributed by atoms with E-state index in [2.05, 4.69) is 9.88 Å². The van der Waals surface area contributed by atoms with Crippen molar-refractivity contribution in [2.24, 2.45) is 11.8 Å². The van der Waals surface area contributed by atoms with Crippen LogP contribution in [0.15, 0.2) is 83.8 Å². The Hall–Kier alpha value is -7.15. The van der Waals surface area contributed by atoms with Gasteiger partial charge in [-0.15, -0.1) is 0 Å². The summed E-state index contributed by atoms with van der Waals surface area (Å²) in [6.45, 7) is 0. The Balaban J connectivity index is 0.000000144. The quantitative estimate of drug-likeness (QED) is 0.0661. The van der Waals surface area contributed by atoms with Crippen molar-refractivity contribution in [3.63, 3.8) is 0 Å². The van der Waals surface area contributed by atoms with Gasteiger partial charge in [-0.05, 0) is 124 Å². The van der Waals surface area contributed by atoms with Crippen LogP contribution in [-0.4, -0.2) is 50.1 Å². The molecule has 6 aliphatic rings. The van der Waals surface area contributed by atoms with Gasteiger partial charge in [-0.25, -0.2) is 9.18 Å². The third-order valence-electron chi connectivity index (χ3n) is 14.9. The lowest BCUT2D eigenvalue weighted by molar-refractivity contribution is -0.388. The van der Waals surface area contributed by atoms with Crippen molar-refractivity contribution in [2.45, 2.75) is 132 Å². The predicted molar refractivity (Wildman–Crippen MR) is 256 cm³/mol. The Morgan fingerprint density at radius 2 is 0.974 bits per heavy atom. The number of aromatic carboxylic acids is 1. The standard InChI is InChI=1S/C13H13F3N2O2.C13H15F3N2.C11H6F3NO3.C7H3F4NO2.C7H12/c14-13(15,16)11-7-10(5-6-12(11)18(19)20)17-8-1-2-9(17)4-3-8;14-13(15,16)11-7-10(5-6-12(11)17)18-8-1-2-9(18)4-3-8;12-11(13,14)6-2-1-3-7-8(6)9(16)5(4-15-7)10(17)18;8-4-1-2-6(12(13)14)5(3-4)7(9,10)11;1-2-7-4-3-6(1)5-7/h5-9H,1-4H2;5-9H,1-4,17H2;1-4H,(H,15,16)(H,17,18);1-3H;6-7H,1-5H2. The maximum atomic E-state index is 13.0. The molecule has 0 atom stereocenters. The summed E-state index contributed by atoms with van der Waals surface area (Å²) < 4.78 is 164. The number of anilines is 3. The maximum Gasteiger partial charge on any atom is 0.423 e. The van der Waals surface area contributed by atoms with Gasteiger partial charge >= 0.3 is 30.7 Å². The van der Waals surface area contributed by atoms with E-state index in [9.17, 15) is 86.9 Å². The molecule has 0 radical (unpaired) electrons. The lowest BCUT2D eigenvalue weighted by Gasteiger charge is -2.25. The maximum absolute atomic E-state index is 13.0. The van der Waals surface area contributed by atoms with Gasteiger partial charge in [0.1, 0.15) is 22.5 Å². The zero-order valence-corrected chi connectivity index (χ0v) is 40.3. The van der Waals surface area contributed by atoms with Gasteiger partial charge in [0.25, 0.3) is 11.4 Å². The molecule has 1 aromatic heterocycles. The number of nitrogens with zero attached hydrogens (tertiary/aromatic N) is 4. The van der Waals surface area contributed by atoms with Crippen LogP contribution < -0.4 is 21.0 Å². The fourth-order valence-corrected chi connectivity index (χ4v) is 11.4. The lowest BCUT2D eigenvalue weighted by atomic mass is 10.0. The van der Waals surface area contributed by atoms with Crippen molar-refractivity contribution in [1.82, 2.24) is 4.98 Å². The van der Waals surface area contributed by atoms with Crippen LogP contribution in [0.1, 0.15) is 116 Å². The topological polar surface area (TPSA) is 189 Å². The fourth-order valence-electron chi connectivity index (χ4n) is 11.4. The van der Waals surface area contributed by atoms with E-state index in [1.54, 1.807) is 38.2 Å². The molecule has 11 rings (SSSR count). The molecule has 6 fully saturated rings. The molecule has 2 saturated carbocycles. The molecule has 416 valence electrons. The average molecular weight is 1100 g/mol. The summed E-state index contributed by atoms with van der Waals surface area (Å²) >= 11 is 0. The third kappa shape index (κ3) is 13.2. The monoisotopic (exact) mass is 1100 g/mol. The van der Waals surface area contributed by atoms with Crippen LogP contribution in [0.2, 0.25) is 0 Å². The Kier molecular flexibility index (Phi) is 16.8. The number of nitrogens with two attached hydrogens (primary N) is 1. The minimum absolute atomic E-state index is 0.0557. The van der Waals surface area contributed by atoms with Gasteiger partial charge in [0.15, 0.2) is 0 Å². The van der Waals surface area contributed by atoms with Crippen LogP contribution in [0.5, 0.6) is 0 Å². The molecule has 5 heterocycles. The number of H-pyrrole nitrogens is 1. The summed E-state index contributed by atoms with van der Waals surface area (Å²) in [7, 11) is 0. The number of nitrogens with one attached hydrogen (secondary N) is 1. The highest BCUT2D eigenvalue weighted by molar-refractivity contribution is 5.93. The zero-order chi connectivity index (χ0) is 56.5. The first kappa shape index (κ1) is 57.6. The smallest absolute Gasteiger partial charge is 0.423 e. The number of carboxylic acid groups (broad SMARTS) is 1.